The molecule has 1 aliphatic heterocycles. The molecule has 1 N–H and O–H groups in total. The van der Waals surface area contributed by atoms with Crippen molar-refractivity contribution in [3.63, 3.8) is 0 Å². The van der Waals surface area contributed by atoms with Gasteiger partial charge in [0.1, 0.15) is 0 Å². The second-order valence-electron chi connectivity index (χ2n) is 6.51. The molecular weight excluding hydrogens is 396 g/mol. The SMILES string of the molecule is COc1cc(CNC(=O)c2cccc(N3CCCS3(=O)=O)c2)cc(OC)c1OC. The van der Waals surface area contributed by atoms with Crippen molar-refractivity contribution in [1.29, 1.82) is 0 Å². The molecule has 1 amide bonds. The number of hydrogen-bond donors (Lipinski definition) is 1. The third-order valence-corrected chi connectivity index (χ3v) is 6.54. The van der Waals surface area contributed by atoms with Crippen molar-refractivity contribution in [3.05, 3.63) is 47.5 Å². The molecule has 0 bridgehead atoms. The Hall–Kier alpha value is -2.94. The predicted molar refractivity (Wildman–Crippen MR) is 109 cm³/mol. The van der Waals surface area contributed by atoms with E-state index >= 15 is 0 Å². The van der Waals surface area contributed by atoms with E-state index in [1.54, 1.807) is 36.4 Å². The first-order chi connectivity index (χ1) is 13.9. The third-order valence-electron chi connectivity index (χ3n) is 4.67. The van der Waals surface area contributed by atoms with Crippen molar-refractivity contribution in [3.8, 4) is 17.2 Å². The fourth-order valence-corrected chi connectivity index (χ4v) is 4.81. The molecule has 2 aromatic rings. The molecule has 1 heterocycles. The van der Waals surface area contributed by atoms with Crippen LogP contribution in [0.4, 0.5) is 5.69 Å². The fourth-order valence-electron chi connectivity index (χ4n) is 3.25. The minimum absolute atomic E-state index is 0.130. The molecule has 0 radical (unpaired) electrons. The first-order valence-corrected chi connectivity index (χ1v) is 10.7. The Labute approximate surface area is 170 Å². The molecule has 29 heavy (non-hydrogen) atoms. The van der Waals surface area contributed by atoms with Gasteiger partial charge in [0.15, 0.2) is 11.5 Å². The highest BCUT2D eigenvalue weighted by atomic mass is 32.2. The number of amides is 1. The lowest BCUT2D eigenvalue weighted by molar-refractivity contribution is 0.0951. The lowest BCUT2D eigenvalue weighted by Crippen LogP contribution is -2.26. The summed E-state index contributed by atoms with van der Waals surface area (Å²) in [5.74, 6) is 1.29. The van der Waals surface area contributed by atoms with E-state index in [-0.39, 0.29) is 18.2 Å². The summed E-state index contributed by atoms with van der Waals surface area (Å²) in [6, 6.07) is 10.1. The number of sulfonamides is 1. The number of carbonyl (C=O) groups is 1. The highest BCUT2D eigenvalue weighted by Gasteiger charge is 2.28. The Kier molecular flexibility index (Phi) is 6.17. The van der Waals surface area contributed by atoms with Crippen LogP contribution in [-0.4, -0.2) is 48.0 Å². The summed E-state index contributed by atoms with van der Waals surface area (Å²) >= 11 is 0. The van der Waals surface area contributed by atoms with Gasteiger partial charge in [0.05, 0.1) is 32.8 Å². The van der Waals surface area contributed by atoms with E-state index < -0.39 is 10.0 Å². The molecule has 0 aliphatic carbocycles. The lowest BCUT2D eigenvalue weighted by Gasteiger charge is -2.17. The highest BCUT2D eigenvalue weighted by molar-refractivity contribution is 7.93. The number of hydrogen-bond acceptors (Lipinski definition) is 6. The van der Waals surface area contributed by atoms with Crippen LogP contribution in [0.15, 0.2) is 36.4 Å². The molecule has 9 heteroatoms. The van der Waals surface area contributed by atoms with Crippen molar-refractivity contribution in [1.82, 2.24) is 5.32 Å². The Bertz CT molecular complexity index is 981. The van der Waals surface area contributed by atoms with Crippen LogP contribution in [0.3, 0.4) is 0 Å². The molecule has 8 nitrogen and oxygen atoms in total. The van der Waals surface area contributed by atoms with Gasteiger partial charge in [0, 0.05) is 18.7 Å². The molecule has 2 aromatic carbocycles. The van der Waals surface area contributed by atoms with Gasteiger partial charge in [-0.1, -0.05) is 6.07 Å². The molecule has 0 aromatic heterocycles. The molecule has 156 valence electrons. The van der Waals surface area contributed by atoms with Crippen LogP contribution in [0.25, 0.3) is 0 Å². The Morgan fingerprint density at radius 3 is 2.31 bits per heavy atom. The van der Waals surface area contributed by atoms with Gasteiger partial charge >= 0.3 is 0 Å². The molecule has 0 spiro atoms. The number of nitrogens with one attached hydrogen (secondary N) is 1. The van der Waals surface area contributed by atoms with E-state index in [9.17, 15) is 13.2 Å². The van der Waals surface area contributed by atoms with Crippen molar-refractivity contribution < 1.29 is 27.4 Å². The number of anilines is 1. The number of benzene rings is 2. The van der Waals surface area contributed by atoms with E-state index in [1.165, 1.54) is 25.6 Å². The summed E-state index contributed by atoms with van der Waals surface area (Å²) in [7, 11) is 1.28. The van der Waals surface area contributed by atoms with Crippen LogP contribution in [-0.2, 0) is 16.6 Å². The first kappa shape index (κ1) is 20.8. The van der Waals surface area contributed by atoms with Gasteiger partial charge in [-0.25, -0.2) is 8.42 Å². The summed E-state index contributed by atoms with van der Waals surface area (Å²) < 4.78 is 41.5. The number of nitrogens with zero attached hydrogens (tertiary/aromatic N) is 1. The van der Waals surface area contributed by atoms with Crippen LogP contribution < -0.4 is 23.8 Å². The van der Waals surface area contributed by atoms with Crippen LogP contribution in [0.1, 0.15) is 22.3 Å². The second kappa shape index (κ2) is 8.60. The van der Waals surface area contributed by atoms with E-state index in [4.69, 9.17) is 14.2 Å². The number of carbonyl (C=O) groups excluding carboxylic acids is 1. The average molecular weight is 420 g/mol. The van der Waals surface area contributed by atoms with Gasteiger partial charge in [-0.05, 0) is 42.3 Å². The van der Waals surface area contributed by atoms with E-state index in [0.717, 1.165) is 5.56 Å². The maximum absolute atomic E-state index is 12.6. The molecule has 0 unspecified atom stereocenters. The molecule has 3 rings (SSSR count). The lowest BCUT2D eigenvalue weighted by atomic mass is 10.1. The van der Waals surface area contributed by atoms with Gasteiger partial charge in [-0.3, -0.25) is 9.10 Å². The molecule has 1 fully saturated rings. The largest absolute Gasteiger partial charge is 0.493 e. The van der Waals surface area contributed by atoms with Crippen LogP contribution in [0.5, 0.6) is 17.2 Å². The maximum Gasteiger partial charge on any atom is 0.251 e. The zero-order valence-corrected chi connectivity index (χ0v) is 17.4. The highest BCUT2D eigenvalue weighted by Crippen LogP contribution is 2.38. The molecule has 0 atom stereocenters. The Morgan fingerprint density at radius 1 is 1.07 bits per heavy atom. The topological polar surface area (TPSA) is 94.2 Å². The number of ether oxygens (including phenoxy) is 3. The average Bonchev–Trinajstić information content (AvgIpc) is 3.10. The van der Waals surface area contributed by atoms with Gasteiger partial charge < -0.3 is 19.5 Å². The van der Waals surface area contributed by atoms with Crippen molar-refractivity contribution in [2.45, 2.75) is 13.0 Å². The van der Waals surface area contributed by atoms with Crippen molar-refractivity contribution >= 4 is 21.6 Å². The Balaban J connectivity index is 1.76. The molecule has 1 saturated heterocycles. The molecule has 0 saturated carbocycles. The predicted octanol–water partition coefficient (Wildman–Crippen LogP) is 2.18. The summed E-state index contributed by atoms with van der Waals surface area (Å²) in [6.45, 7) is 0.667. The minimum Gasteiger partial charge on any atom is -0.493 e. The fraction of sp³-hybridized carbons (Fsp3) is 0.350. The standard InChI is InChI=1S/C20H24N2O6S/c1-26-17-10-14(11-18(27-2)19(17)28-3)13-21-20(23)15-6-4-7-16(12-15)22-8-5-9-29(22,24)25/h4,6-7,10-12H,5,8-9,13H2,1-3H3,(H,21,23). The van der Waals surface area contributed by atoms with Gasteiger partial charge in [-0.15, -0.1) is 0 Å². The zero-order valence-electron chi connectivity index (χ0n) is 16.6. The van der Waals surface area contributed by atoms with Gasteiger partial charge in [0.25, 0.3) is 5.91 Å². The van der Waals surface area contributed by atoms with Crippen LogP contribution in [0, 0.1) is 0 Å². The molecular formula is C20H24N2O6S. The monoisotopic (exact) mass is 420 g/mol. The second-order valence-corrected chi connectivity index (χ2v) is 8.52. The van der Waals surface area contributed by atoms with E-state index in [0.29, 0.717) is 41.5 Å². The molecule has 1 aliphatic rings. The first-order valence-electron chi connectivity index (χ1n) is 9.07. The van der Waals surface area contributed by atoms with E-state index in [1.807, 2.05) is 0 Å². The summed E-state index contributed by atoms with van der Waals surface area (Å²) in [4.78, 5) is 12.6. The van der Waals surface area contributed by atoms with Crippen LogP contribution >= 0.6 is 0 Å². The summed E-state index contributed by atoms with van der Waals surface area (Å²) in [6.07, 6.45) is 0.583. The summed E-state index contributed by atoms with van der Waals surface area (Å²) in [5.41, 5.74) is 1.66. The number of methoxy groups -OCH3 is 3. The summed E-state index contributed by atoms with van der Waals surface area (Å²) in [5, 5.41) is 2.84. The van der Waals surface area contributed by atoms with Crippen LogP contribution in [0.2, 0.25) is 0 Å². The minimum atomic E-state index is -3.30. The van der Waals surface area contributed by atoms with Crippen molar-refractivity contribution in [2.24, 2.45) is 0 Å². The number of rotatable bonds is 7. The Morgan fingerprint density at radius 2 is 1.76 bits per heavy atom. The van der Waals surface area contributed by atoms with Gasteiger partial charge in [0.2, 0.25) is 15.8 Å². The van der Waals surface area contributed by atoms with Gasteiger partial charge in [-0.2, -0.15) is 0 Å². The maximum atomic E-state index is 12.6. The smallest absolute Gasteiger partial charge is 0.251 e. The van der Waals surface area contributed by atoms with Crippen molar-refractivity contribution in [2.75, 3.05) is 37.9 Å². The quantitative estimate of drug-likeness (QED) is 0.738. The third kappa shape index (κ3) is 4.40. The van der Waals surface area contributed by atoms with E-state index in [2.05, 4.69) is 5.32 Å². The zero-order chi connectivity index (χ0) is 21.0. The normalized spacial score (nSPS) is 15.1.